The molecule has 3 nitrogen and oxygen atoms in total. The number of nitrogens with one attached hydrogen (secondary N) is 1. The van der Waals surface area contributed by atoms with Crippen LogP contribution in [0.3, 0.4) is 0 Å². The zero-order valence-electron chi connectivity index (χ0n) is 9.29. The van der Waals surface area contributed by atoms with Crippen molar-refractivity contribution in [2.45, 2.75) is 45.6 Å². The summed E-state index contributed by atoms with van der Waals surface area (Å²) in [5.41, 5.74) is 0. The number of hydrogen-bond acceptors (Lipinski definition) is 3. The summed E-state index contributed by atoms with van der Waals surface area (Å²) in [7, 11) is 0. The molecule has 0 fully saturated rings. The number of nitrogens with zero attached hydrogens (tertiary/aromatic N) is 1. The summed E-state index contributed by atoms with van der Waals surface area (Å²) in [5, 5.41) is 20.6. The lowest BCUT2D eigenvalue weighted by Crippen LogP contribution is -2.35. The van der Waals surface area contributed by atoms with E-state index in [0.29, 0.717) is 18.4 Å². The first-order valence-corrected chi connectivity index (χ1v) is 5.43. The smallest absolute Gasteiger partial charge is 0.0621 e. The summed E-state index contributed by atoms with van der Waals surface area (Å²) in [6.45, 7) is 5.50. The Balaban J connectivity index is 3.46. The van der Waals surface area contributed by atoms with Gasteiger partial charge in [0.2, 0.25) is 0 Å². The van der Waals surface area contributed by atoms with E-state index in [0.717, 1.165) is 25.8 Å². The molecule has 0 aromatic heterocycles. The van der Waals surface area contributed by atoms with Crippen LogP contribution in [-0.4, -0.2) is 24.3 Å². The van der Waals surface area contributed by atoms with Crippen LogP contribution in [0.4, 0.5) is 0 Å². The van der Waals surface area contributed by atoms with Gasteiger partial charge < -0.3 is 10.4 Å². The Morgan fingerprint density at radius 3 is 2.57 bits per heavy atom. The molecule has 0 aliphatic carbocycles. The van der Waals surface area contributed by atoms with Crippen LogP contribution in [0, 0.1) is 17.2 Å². The Labute approximate surface area is 87.1 Å². The summed E-state index contributed by atoms with van der Waals surface area (Å²) < 4.78 is 0. The maximum Gasteiger partial charge on any atom is 0.0621 e. The number of aliphatic hydroxyl groups excluding tert-OH is 1. The molecule has 2 N–H and O–H groups in total. The van der Waals surface area contributed by atoms with E-state index >= 15 is 0 Å². The van der Waals surface area contributed by atoms with Crippen LogP contribution in [0.5, 0.6) is 0 Å². The third-order valence-corrected chi connectivity index (χ3v) is 2.37. The van der Waals surface area contributed by atoms with Crippen molar-refractivity contribution in [3.05, 3.63) is 0 Å². The predicted molar refractivity (Wildman–Crippen MR) is 57.8 cm³/mol. The summed E-state index contributed by atoms with van der Waals surface area (Å²) in [4.78, 5) is 0. The second kappa shape index (κ2) is 8.98. The van der Waals surface area contributed by atoms with Gasteiger partial charge in [0.1, 0.15) is 0 Å². The minimum absolute atomic E-state index is 0.244. The van der Waals surface area contributed by atoms with Crippen LogP contribution in [0.15, 0.2) is 0 Å². The second-order valence-electron chi connectivity index (χ2n) is 3.93. The van der Waals surface area contributed by atoms with Crippen molar-refractivity contribution in [2.24, 2.45) is 5.92 Å². The molecule has 0 aliphatic rings. The van der Waals surface area contributed by atoms with Gasteiger partial charge in [0.05, 0.1) is 6.07 Å². The lowest BCUT2D eigenvalue weighted by Gasteiger charge is -2.21. The van der Waals surface area contributed by atoms with Gasteiger partial charge in [-0.05, 0) is 31.7 Å². The van der Waals surface area contributed by atoms with E-state index in [-0.39, 0.29) is 6.61 Å². The third kappa shape index (κ3) is 6.88. The molecule has 0 spiro atoms. The molecular weight excluding hydrogens is 176 g/mol. The molecule has 0 rings (SSSR count). The zero-order chi connectivity index (χ0) is 10.8. The third-order valence-electron chi connectivity index (χ3n) is 2.37. The molecule has 0 amide bonds. The van der Waals surface area contributed by atoms with Crippen molar-refractivity contribution in [2.75, 3.05) is 13.2 Å². The first-order valence-electron chi connectivity index (χ1n) is 5.43. The quantitative estimate of drug-likeness (QED) is 0.583. The average molecular weight is 198 g/mol. The molecule has 0 saturated carbocycles. The molecule has 1 atom stereocenters. The topological polar surface area (TPSA) is 56.0 Å². The molecule has 14 heavy (non-hydrogen) atoms. The van der Waals surface area contributed by atoms with E-state index < -0.39 is 0 Å². The Bertz CT molecular complexity index is 163. The second-order valence-corrected chi connectivity index (χ2v) is 3.93. The number of aliphatic hydroxyl groups is 1. The van der Waals surface area contributed by atoms with Crippen LogP contribution in [0.1, 0.15) is 39.5 Å². The first-order chi connectivity index (χ1) is 6.72. The van der Waals surface area contributed by atoms with Crippen LogP contribution >= 0.6 is 0 Å². The largest absolute Gasteiger partial charge is 0.396 e. The summed E-state index contributed by atoms with van der Waals surface area (Å²) in [5.74, 6) is 0.554. The molecule has 0 aliphatic heterocycles. The van der Waals surface area contributed by atoms with Crippen LogP contribution < -0.4 is 5.32 Å². The van der Waals surface area contributed by atoms with E-state index in [1.54, 1.807) is 0 Å². The van der Waals surface area contributed by atoms with Gasteiger partial charge in [0.15, 0.2) is 0 Å². The van der Waals surface area contributed by atoms with Crippen LogP contribution in [0.25, 0.3) is 0 Å². The fraction of sp³-hybridized carbons (Fsp3) is 0.909. The van der Waals surface area contributed by atoms with Crippen molar-refractivity contribution in [1.82, 2.24) is 5.32 Å². The molecule has 0 aromatic rings. The standard InChI is InChI=1S/C11H22N2O/c1-10(2)11(6-9-14)13-8-5-3-4-7-12/h10-11,13-14H,3-6,8-9H2,1-2H3. The van der Waals surface area contributed by atoms with Crippen LogP contribution in [0.2, 0.25) is 0 Å². The zero-order valence-corrected chi connectivity index (χ0v) is 9.29. The highest BCUT2D eigenvalue weighted by Gasteiger charge is 2.10. The van der Waals surface area contributed by atoms with Crippen molar-refractivity contribution >= 4 is 0 Å². The molecule has 82 valence electrons. The van der Waals surface area contributed by atoms with Gasteiger partial charge >= 0.3 is 0 Å². The van der Waals surface area contributed by atoms with E-state index in [1.807, 2.05) is 0 Å². The van der Waals surface area contributed by atoms with Gasteiger partial charge in [-0.15, -0.1) is 0 Å². The lowest BCUT2D eigenvalue weighted by molar-refractivity contribution is 0.244. The summed E-state index contributed by atoms with van der Waals surface area (Å²) in [6, 6.07) is 2.54. The minimum atomic E-state index is 0.244. The van der Waals surface area contributed by atoms with Crippen molar-refractivity contribution < 1.29 is 5.11 Å². The number of hydrogen-bond donors (Lipinski definition) is 2. The predicted octanol–water partition coefficient (Wildman–Crippen LogP) is 1.68. The summed E-state index contributed by atoms with van der Waals surface area (Å²) >= 11 is 0. The normalized spacial score (nSPS) is 12.8. The molecule has 0 radical (unpaired) electrons. The molecule has 1 unspecified atom stereocenters. The van der Waals surface area contributed by atoms with Gasteiger partial charge in [0.25, 0.3) is 0 Å². The van der Waals surface area contributed by atoms with Gasteiger partial charge in [-0.1, -0.05) is 13.8 Å². The van der Waals surface area contributed by atoms with Crippen LogP contribution in [-0.2, 0) is 0 Å². The Morgan fingerprint density at radius 2 is 2.07 bits per heavy atom. The maximum absolute atomic E-state index is 8.84. The molecular formula is C11H22N2O. The van der Waals surface area contributed by atoms with Gasteiger partial charge in [-0.25, -0.2) is 0 Å². The van der Waals surface area contributed by atoms with E-state index in [4.69, 9.17) is 10.4 Å². The van der Waals surface area contributed by atoms with E-state index in [2.05, 4.69) is 25.2 Å². The SMILES string of the molecule is CC(C)C(CCO)NCCCCC#N. The highest BCUT2D eigenvalue weighted by atomic mass is 16.3. The number of nitriles is 1. The average Bonchev–Trinajstić information content (AvgIpc) is 2.15. The first kappa shape index (κ1) is 13.4. The fourth-order valence-corrected chi connectivity index (χ4v) is 1.43. The minimum Gasteiger partial charge on any atom is -0.396 e. The molecule has 0 bridgehead atoms. The monoisotopic (exact) mass is 198 g/mol. The van der Waals surface area contributed by atoms with Crippen molar-refractivity contribution in [1.29, 1.82) is 5.26 Å². The molecule has 0 heterocycles. The molecule has 0 saturated heterocycles. The number of unbranched alkanes of at least 4 members (excludes halogenated alkanes) is 2. The fourth-order valence-electron chi connectivity index (χ4n) is 1.43. The molecule has 3 heteroatoms. The summed E-state index contributed by atoms with van der Waals surface area (Å²) in [6.07, 6.45) is 3.47. The van der Waals surface area contributed by atoms with Gasteiger partial charge in [-0.3, -0.25) is 0 Å². The Morgan fingerprint density at radius 1 is 1.36 bits per heavy atom. The van der Waals surface area contributed by atoms with Crippen molar-refractivity contribution in [3.8, 4) is 6.07 Å². The van der Waals surface area contributed by atoms with Gasteiger partial charge in [0, 0.05) is 19.1 Å². The maximum atomic E-state index is 8.84. The number of rotatable bonds is 8. The highest BCUT2D eigenvalue weighted by Crippen LogP contribution is 2.05. The van der Waals surface area contributed by atoms with E-state index in [9.17, 15) is 0 Å². The Kier molecular flexibility index (Phi) is 8.61. The lowest BCUT2D eigenvalue weighted by atomic mass is 10.0. The Hall–Kier alpha value is -0.590. The highest BCUT2D eigenvalue weighted by molar-refractivity contribution is 4.72. The van der Waals surface area contributed by atoms with E-state index in [1.165, 1.54) is 0 Å². The van der Waals surface area contributed by atoms with Crippen molar-refractivity contribution in [3.63, 3.8) is 0 Å². The molecule has 0 aromatic carbocycles. The van der Waals surface area contributed by atoms with Gasteiger partial charge in [-0.2, -0.15) is 5.26 Å².